The van der Waals surface area contributed by atoms with Crippen LogP contribution in [0.5, 0.6) is 0 Å². The highest BCUT2D eigenvalue weighted by Gasteiger charge is 2.17. The summed E-state index contributed by atoms with van der Waals surface area (Å²) in [5.74, 6) is 2.01. The van der Waals surface area contributed by atoms with E-state index in [-0.39, 0.29) is 4.77 Å². The van der Waals surface area contributed by atoms with Crippen molar-refractivity contribution in [1.29, 1.82) is 0 Å². The van der Waals surface area contributed by atoms with E-state index >= 15 is 0 Å². The van der Waals surface area contributed by atoms with Crippen LogP contribution in [0, 0.1) is 0 Å². The molecule has 1 aliphatic heterocycles. The molecule has 1 fully saturated rings. The Kier molecular flexibility index (Phi) is 3.21. The predicted molar refractivity (Wildman–Crippen MR) is 42.4 cm³/mol. The van der Waals surface area contributed by atoms with Crippen molar-refractivity contribution in [3.05, 3.63) is 0 Å². The van der Waals surface area contributed by atoms with E-state index in [9.17, 15) is 4.79 Å². The minimum Gasteiger partial charge on any atom is -0.450 e. The minimum absolute atomic E-state index is 0.189. The first-order chi connectivity index (χ1) is 4.79. The Morgan fingerprint density at radius 3 is 2.60 bits per heavy atom. The molecular weight excluding hydrogens is 172 g/mol. The number of thioether (sulfide) groups is 2. The van der Waals surface area contributed by atoms with Gasteiger partial charge in [-0.2, -0.15) is 0 Å². The lowest BCUT2D eigenvalue weighted by Crippen LogP contribution is -2.14. The highest BCUT2D eigenvalue weighted by molar-refractivity contribution is 8.17. The molecule has 10 heavy (non-hydrogen) atoms. The summed E-state index contributed by atoms with van der Waals surface area (Å²) in [5, 5.41) is 8.22. The van der Waals surface area contributed by atoms with Crippen LogP contribution in [0.25, 0.3) is 0 Å². The third kappa shape index (κ3) is 2.70. The van der Waals surface area contributed by atoms with Crippen molar-refractivity contribution in [3.63, 3.8) is 0 Å². The Labute approximate surface area is 67.5 Å². The van der Waals surface area contributed by atoms with Gasteiger partial charge in [-0.05, 0) is 17.9 Å². The summed E-state index contributed by atoms with van der Waals surface area (Å²) >= 11 is 3.10. The molecule has 0 unspecified atom stereocenters. The Morgan fingerprint density at radius 1 is 1.50 bits per heavy atom. The summed E-state index contributed by atoms with van der Waals surface area (Å²) in [6.07, 6.45) is -0.0265. The van der Waals surface area contributed by atoms with Crippen LogP contribution >= 0.6 is 23.5 Å². The van der Waals surface area contributed by atoms with Crippen molar-refractivity contribution in [2.24, 2.45) is 0 Å². The minimum atomic E-state index is -1.17. The van der Waals surface area contributed by atoms with Crippen LogP contribution in [-0.2, 0) is 4.74 Å². The molecule has 0 amide bonds. The molecule has 3 nitrogen and oxygen atoms in total. The molecule has 1 N–H and O–H groups in total. The van der Waals surface area contributed by atoms with Gasteiger partial charge in [-0.1, -0.05) is 0 Å². The van der Waals surface area contributed by atoms with Gasteiger partial charge in [0.25, 0.3) is 0 Å². The van der Waals surface area contributed by atoms with E-state index in [4.69, 9.17) is 5.11 Å². The molecule has 0 bridgehead atoms. The second kappa shape index (κ2) is 3.98. The fourth-order valence-electron chi connectivity index (χ4n) is 0.617. The third-order valence-corrected chi connectivity index (χ3v) is 3.60. The fraction of sp³-hybridized carbons (Fsp3) is 0.800. The van der Waals surface area contributed by atoms with E-state index in [0.29, 0.717) is 0 Å². The molecule has 0 aromatic rings. The summed E-state index contributed by atoms with van der Waals surface area (Å²) in [5.41, 5.74) is 0. The number of ether oxygens (including phenoxy) is 1. The largest absolute Gasteiger partial charge is 0.507 e. The van der Waals surface area contributed by atoms with Gasteiger partial charge in [0.05, 0.1) is 0 Å². The van der Waals surface area contributed by atoms with Crippen LogP contribution in [0.1, 0.15) is 6.42 Å². The van der Waals surface area contributed by atoms with Gasteiger partial charge in [-0.25, -0.2) is 4.79 Å². The SMILES string of the molecule is O=C(O)OC1SCCCS1. The molecular formula is C5H8O3S2. The van der Waals surface area contributed by atoms with Gasteiger partial charge >= 0.3 is 6.16 Å². The Bertz CT molecular complexity index is 122. The molecule has 0 spiro atoms. The number of hydrogen-bond acceptors (Lipinski definition) is 4. The quantitative estimate of drug-likeness (QED) is 0.624. The van der Waals surface area contributed by atoms with E-state index in [1.54, 1.807) is 23.5 Å². The lowest BCUT2D eigenvalue weighted by atomic mass is 10.6. The maximum atomic E-state index is 10.0. The summed E-state index contributed by atoms with van der Waals surface area (Å²) in [4.78, 5) is 10.0. The van der Waals surface area contributed by atoms with Gasteiger partial charge in [-0.3, -0.25) is 0 Å². The molecule has 0 saturated carbocycles. The maximum absolute atomic E-state index is 10.0. The zero-order valence-corrected chi connectivity index (χ0v) is 6.91. The molecule has 0 aliphatic carbocycles. The van der Waals surface area contributed by atoms with Gasteiger partial charge in [0.1, 0.15) is 0 Å². The summed E-state index contributed by atoms with van der Waals surface area (Å²) < 4.78 is 4.35. The zero-order valence-electron chi connectivity index (χ0n) is 5.28. The smallest absolute Gasteiger partial charge is 0.450 e. The average molecular weight is 180 g/mol. The number of carbonyl (C=O) groups is 1. The van der Waals surface area contributed by atoms with Crippen LogP contribution in [0.15, 0.2) is 0 Å². The van der Waals surface area contributed by atoms with Crippen LogP contribution in [0.3, 0.4) is 0 Å². The van der Waals surface area contributed by atoms with Crippen molar-refractivity contribution >= 4 is 29.7 Å². The van der Waals surface area contributed by atoms with Gasteiger partial charge in [0.2, 0.25) is 0 Å². The van der Waals surface area contributed by atoms with E-state index in [2.05, 4.69) is 4.74 Å². The van der Waals surface area contributed by atoms with Gasteiger partial charge in [-0.15, -0.1) is 23.5 Å². The normalized spacial score (nSPS) is 20.4. The summed E-state index contributed by atoms with van der Waals surface area (Å²) in [6, 6.07) is 0. The molecule has 0 atom stereocenters. The topological polar surface area (TPSA) is 46.5 Å². The van der Waals surface area contributed by atoms with Gasteiger partial charge < -0.3 is 9.84 Å². The number of hydrogen-bond donors (Lipinski definition) is 1. The standard InChI is InChI=1S/C5H8O3S2/c6-4(7)8-5-9-2-1-3-10-5/h5H,1-3H2,(H,6,7). The third-order valence-electron chi connectivity index (χ3n) is 0.994. The van der Waals surface area contributed by atoms with Gasteiger partial charge in [0.15, 0.2) is 4.77 Å². The first kappa shape index (κ1) is 8.07. The van der Waals surface area contributed by atoms with E-state index in [1.165, 1.54) is 0 Å². The first-order valence-electron chi connectivity index (χ1n) is 2.92. The second-order valence-corrected chi connectivity index (χ2v) is 4.41. The Hall–Kier alpha value is -0.0300. The molecule has 5 heteroatoms. The fourth-order valence-corrected chi connectivity index (χ4v) is 3.07. The molecule has 58 valence electrons. The van der Waals surface area contributed by atoms with Crippen molar-refractivity contribution in [1.82, 2.24) is 0 Å². The van der Waals surface area contributed by atoms with Gasteiger partial charge in [0, 0.05) is 0 Å². The van der Waals surface area contributed by atoms with Crippen molar-refractivity contribution < 1.29 is 14.6 Å². The van der Waals surface area contributed by atoms with E-state index in [1.807, 2.05) is 0 Å². The van der Waals surface area contributed by atoms with Crippen LogP contribution < -0.4 is 0 Å². The van der Waals surface area contributed by atoms with Crippen LogP contribution in [0.2, 0.25) is 0 Å². The average Bonchev–Trinajstić information content (AvgIpc) is 1.88. The molecule has 0 radical (unpaired) electrons. The molecule has 1 aliphatic rings. The maximum Gasteiger partial charge on any atom is 0.507 e. The highest BCUT2D eigenvalue weighted by Crippen LogP contribution is 2.31. The second-order valence-electron chi connectivity index (χ2n) is 1.77. The van der Waals surface area contributed by atoms with Crippen molar-refractivity contribution in [2.75, 3.05) is 11.5 Å². The number of carboxylic acid groups (broad SMARTS) is 1. The molecule has 0 aromatic heterocycles. The van der Waals surface area contributed by atoms with E-state index in [0.717, 1.165) is 17.9 Å². The summed E-state index contributed by atoms with van der Waals surface area (Å²) in [7, 11) is 0. The first-order valence-corrected chi connectivity index (χ1v) is 5.01. The highest BCUT2D eigenvalue weighted by atomic mass is 32.2. The Morgan fingerprint density at radius 2 is 2.10 bits per heavy atom. The molecule has 1 heterocycles. The molecule has 1 saturated heterocycles. The lowest BCUT2D eigenvalue weighted by Gasteiger charge is -2.18. The zero-order chi connectivity index (χ0) is 7.40. The van der Waals surface area contributed by atoms with Crippen LogP contribution in [-0.4, -0.2) is 27.5 Å². The summed E-state index contributed by atoms with van der Waals surface area (Å²) in [6.45, 7) is 0. The van der Waals surface area contributed by atoms with Crippen molar-refractivity contribution in [3.8, 4) is 0 Å². The number of rotatable bonds is 1. The predicted octanol–water partition coefficient (Wildman–Crippen LogP) is 1.83. The monoisotopic (exact) mass is 180 g/mol. The molecule has 0 aromatic carbocycles. The van der Waals surface area contributed by atoms with Crippen LogP contribution in [0.4, 0.5) is 4.79 Å². The Balaban J connectivity index is 2.19. The molecule has 1 rings (SSSR count). The van der Waals surface area contributed by atoms with E-state index < -0.39 is 6.16 Å². The van der Waals surface area contributed by atoms with Crippen molar-refractivity contribution in [2.45, 2.75) is 11.2 Å². The lowest BCUT2D eigenvalue weighted by molar-refractivity contribution is 0.102.